The van der Waals surface area contributed by atoms with E-state index in [1.54, 1.807) is 6.33 Å². The van der Waals surface area contributed by atoms with Gasteiger partial charge in [0.2, 0.25) is 5.91 Å². The number of rotatable bonds is 6. The van der Waals surface area contributed by atoms with Crippen LogP contribution in [0.3, 0.4) is 0 Å². The molecule has 3 rings (SSSR count). The Labute approximate surface area is 150 Å². The Morgan fingerprint density at radius 1 is 1.36 bits per heavy atom. The largest absolute Gasteiger partial charge is 0.381 e. The fourth-order valence-electron chi connectivity index (χ4n) is 4.07. The number of hydrogen-bond donors (Lipinski definition) is 1. The van der Waals surface area contributed by atoms with Gasteiger partial charge in [-0.1, -0.05) is 13.8 Å². The minimum absolute atomic E-state index is 0.118. The third-order valence-corrected chi connectivity index (χ3v) is 5.68. The number of carbonyl (C=O) groups is 1. The second-order valence-corrected chi connectivity index (χ2v) is 7.74. The molecule has 1 amide bonds. The predicted molar refractivity (Wildman–Crippen MR) is 95.0 cm³/mol. The van der Waals surface area contributed by atoms with Crippen LogP contribution in [0.15, 0.2) is 6.33 Å². The molecule has 1 N–H and O–H groups in total. The number of aromatic nitrogens is 3. The highest BCUT2D eigenvalue weighted by Gasteiger charge is 2.38. The summed E-state index contributed by atoms with van der Waals surface area (Å²) in [6, 6.07) is 0.852. The van der Waals surface area contributed by atoms with Crippen molar-refractivity contribution in [1.29, 1.82) is 0 Å². The Hall–Kier alpha value is -1.47. The number of amides is 1. The van der Waals surface area contributed by atoms with Gasteiger partial charge in [-0.15, -0.1) is 10.2 Å². The zero-order chi connectivity index (χ0) is 17.8. The number of ether oxygens (including phenoxy) is 1. The zero-order valence-corrected chi connectivity index (χ0v) is 15.6. The van der Waals surface area contributed by atoms with E-state index >= 15 is 0 Å². The second kappa shape index (κ2) is 8.27. The number of nitrogens with zero attached hydrogens (tertiary/aromatic N) is 4. The van der Waals surface area contributed by atoms with Crippen LogP contribution in [0.2, 0.25) is 0 Å². The topological polar surface area (TPSA) is 72.3 Å². The van der Waals surface area contributed by atoms with E-state index in [-0.39, 0.29) is 11.9 Å². The van der Waals surface area contributed by atoms with Crippen molar-refractivity contribution in [3.63, 3.8) is 0 Å². The number of carbonyl (C=O) groups excluding carboxylic acids is 1. The van der Waals surface area contributed by atoms with E-state index in [0.717, 1.165) is 45.0 Å². The van der Waals surface area contributed by atoms with Gasteiger partial charge in [-0.2, -0.15) is 0 Å². The van der Waals surface area contributed by atoms with Crippen LogP contribution in [0.1, 0.15) is 38.9 Å². The van der Waals surface area contributed by atoms with Crippen molar-refractivity contribution in [2.75, 3.05) is 26.3 Å². The van der Waals surface area contributed by atoms with Crippen molar-refractivity contribution in [1.82, 2.24) is 25.0 Å². The molecular formula is C18H31N5O2. The molecule has 0 aromatic carbocycles. The fourth-order valence-corrected chi connectivity index (χ4v) is 4.07. The van der Waals surface area contributed by atoms with Crippen LogP contribution in [0, 0.1) is 11.8 Å². The Morgan fingerprint density at radius 2 is 2.12 bits per heavy atom. The molecule has 7 heteroatoms. The predicted octanol–water partition coefficient (Wildman–Crippen LogP) is 0.999. The number of aryl methyl sites for hydroxylation is 2. The van der Waals surface area contributed by atoms with Crippen molar-refractivity contribution >= 4 is 5.91 Å². The van der Waals surface area contributed by atoms with Crippen LogP contribution >= 0.6 is 0 Å². The zero-order valence-electron chi connectivity index (χ0n) is 15.6. The van der Waals surface area contributed by atoms with Crippen LogP contribution in [-0.2, 0) is 23.0 Å². The first-order valence-electron chi connectivity index (χ1n) is 9.48. The monoisotopic (exact) mass is 349 g/mol. The highest BCUT2D eigenvalue weighted by Crippen LogP contribution is 2.28. The molecule has 1 aromatic heterocycles. The summed E-state index contributed by atoms with van der Waals surface area (Å²) >= 11 is 0. The minimum Gasteiger partial charge on any atom is -0.381 e. The van der Waals surface area contributed by atoms with Gasteiger partial charge in [0.15, 0.2) is 0 Å². The first kappa shape index (κ1) is 18.3. The van der Waals surface area contributed by atoms with Gasteiger partial charge >= 0.3 is 0 Å². The molecule has 0 saturated carbocycles. The van der Waals surface area contributed by atoms with Gasteiger partial charge in [0, 0.05) is 58.3 Å². The third-order valence-electron chi connectivity index (χ3n) is 5.68. The van der Waals surface area contributed by atoms with Crippen LogP contribution < -0.4 is 5.32 Å². The summed E-state index contributed by atoms with van der Waals surface area (Å²) < 4.78 is 7.36. The maximum atomic E-state index is 12.4. The van der Waals surface area contributed by atoms with Gasteiger partial charge in [0.1, 0.15) is 12.2 Å². The lowest BCUT2D eigenvalue weighted by Gasteiger charge is -2.31. The first-order valence-corrected chi connectivity index (χ1v) is 9.48. The summed E-state index contributed by atoms with van der Waals surface area (Å²) in [5.41, 5.74) is 0. The lowest BCUT2D eigenvalue weighted by molar-refractivity contribution is -0.122. The lowest BCUT2D eigenvalue weighted by Crippen LogP contribution is -2.43. The molecular weight excluding hydrogens is 318 g/mol. The van der Waals surface area contributed by atoms with E-state index in [9.17, 15) is 4.79 Å². The smallest absolute Gasteiger partial charge is 0.220 e. The molecule has 2 aliphatic rings. The normalized spacial score (nSPS) is 25.6. The molecule has 0 aliphatic carbocycles. The number of likely N-dealkylation sites (tertiary alicyclic amines) is 1. The van der Waals surface area contributed by atoms with Crippen molar-refractivity contribution < 1.29 is 9.53 Å². The fraction of sp³-hybridized carbons (Fsp3) is 0.833. The SMILES string of the molecule is CC(C)[C@@H]1CN(C2CCOCC2)C[C@H]1NC(=O)CCc1nncn1C. The van der Waals surface area contributed by atoms with Crippen molar-refractivity contribution in [3.8, 4) is 0 Å². The average molecular weight is 349 g/mol. The van der Waals surface area contributed by atoms with Crippen LogP contribution in [0.5, 0.6) is 0 Å². The van der Waals surface area contributed by atoms with Crippen LogP contribution in [0.4, 0.5) is 0 Å². The molecule has 0 bridgehead atoms. The molecule has 2 saturated heterocycles. The third kappa shape index (κ3) is 4.58. The Morgan fingerprint density at radius 3 is 2.76 bits per heavy atom. The molecule has 0 radical (unpaired) electrons. The highest BCUT2D eigenvalue weighted by molar-refractivity contribution is 5.76. The molecule has 3 heterocycles. The Kier molecular flexibility index (Phi) is 6.06. The van der Waals surface area contributed by atoms with E-state index in [1.165, 1.54) is 0 Å². The molecule has 0 spiro atoms. The minimum atomic E-state index is 0.118. The second-order valence-electron chi connectivity index (χ2n) is 7.74. The summed E-state index contributed by atoms with van der Waals surface area (Å²) in [4.78, 5) is 15.0. The van der Waals surface area contributed by atoms with E-state index in [2.05, 4.69) is 34.3 Å². The van der Waals surface area contributed by atoms with E-state index in [0.29, 0.717) is 30.7 Å². The van der Waals surface area contributed by atoms with Gasteiger partial charge in [-0.25, -0.2) is 0 Å². The molecule has 7 nitrogen and oxygen atoms in total. The maximum absolute atomic E-state index is 12.4. The molecule has 2 atom stereocenters. The quantitative estimate of drug-likeness (QED) is 0.829. The van der Waals surface area contributed by atoms with Gasteiger partial charge in [0.05, 0.1) is 0 Å². The number of hydrogen-bond acceptors (Lipinski definition) is 5. The van der Waals surface area contributed by atoms with E-state index in [1.807, 2.05) is 11.6 Å². The average Bonchev–Trinajstić information content (AvgIpc) is 3.20. The summed E-state index contributed by atoms with van der Waals surface area (Å²) in [5.74, 6) is 2.05. The summed E-state index contributed by atoms with van der Waals surface area (Å²) in [7, 11) is 1.91. The van der Waals surface area contributed by atoms with Crippen molar-refractivity contribution in [2.45, 2.75) is 51.6 Å². The van der Waals surface area contributed by atoms with Gasteiger partial charge in [0.25, 0.3) is 0 Å². The van der Waals surface area contributed by atoms with Crippen molar-refractivity contribution in [2.24, 2.45) is 18.9 Å². The summed E-state index contributed by atoms with van der Waals surface area (Å²) in [6.07, 6.45) is 4.98. The summed E-state index contributed by atoms with van der Waals surface area (Å²) in [5, 5.41) is 11.2. The van der Waals surface area contributed by atoms with Crippen molar-refractivity contribution in [3.05, 3.63) is 12.2 Å². The van der Waals surface area contributed by atoms with Crippen LogP contribution in [-0.4, -0.2) is 64.0 Å². The maximum Gasteiger partial charge on any atom is 0.220 e. The van der Waals surface area contributed by atoms with Gasteiger partial charge in [-0.05, 0) is 24.7 Å². The lowest BCUT2D eigenvalue weighted by atomic mass is 9.91. The van der Waals surface area contributed by atoms with Gasteiger partial charge in [-0.3, -0.25) is 9.69 Å². The summed E-state index contributed by atoms with van der Waals surface area (Å²) in [6.45, 7) is 8.29. The van der Waals surface area contributed by atoms with E-state index < -0.39 is 0 Å². The molecule has 25 heavy (non-hydrogen) atoms. The van der Waals surface area contributed by atoms with E-state index in [4.69, 9.17) is 4.74 Å². The molecule has 2 fully saturated rings. The first-order chi connectivity index (χ1) is 12.0. The van der Waals surface area contributed by atoms with Gasteiger partial charge < -0.3 is 14.6 Å². The molecule has 2 aliphatic heterocycles. The molecule has 140 valence electrons. The molecule has 0 unspecified atom stereocenters. The number of nitrogens with one attached hydrogen (secondary N) is 1. The van der Waals surface area contributed by atoms with Crippen LogP contribution in [0.25, 0.3) is 0 Å². The Balaban J connectivity index is 1.53. The Bertz CT molecular complexity index is 568. The standard InChI is InChI=1S/C18H31N5O2/c1-13(2)15-10-23(14-6-8-25-9-7-14)11-16(15)20-18(24)5-4-17-21-19-12-22(17)3/h12-16H,4-11H2,1-3H3,(H,20,24)/t15-,16+/m0/s1. The highest BCUT2D eigenvalue weighted by atomic mass is 16.5. The molecule has 1 aromatic rings.